The van der Waals surface area contributed by atoms with E-state index in [0.29, 0.717) is 0 Å². The second kappa shape index (κ2) is 5.87. The second-order valence-corrected chi connectivity index (χ2v) is 4.56. The van der Waals surface area contributed by atoms with Gasteiger partial charge in [0, 0.05) is 5.56 Å². The molecule has 0 amide bonds. The van der Waals surface area contributed by atoms with Crippen LogP contribution in [0.1, 0.15) is 17.2 Å². The van der Waals surface area contributed by atoms with Crippen LogP contribution in [0.5, 0.6) is 0 Å². The third-order valence-electron chi connectivity index (χ3n) is 3.22. The number of hydrogen-bond donors (Lipinski definition) is 3. The van der Waals surface area contributed by atoms with Crippen LogP contribution < -0.4 is 0 Å². The molecule has 0 saturated heterocycles. The molecule has 0 saturated carbocycles. The maximum absolute atomic E-state index is 12.3. The van der Waals surface area contributed by atoms with Crippen LogP contribution in [0.4, 0.5) is 0 Å². The second-order valence-electron chi connectivity index (χ2n) is 4.56. The summed E-state index contributed by atoms with van der Waals surface area (Å²) < 4.78 is 0. The third-order valence-corrected chi connectivity index (χ3v) is 3.22. The van der Waals surface area contributed by atoms with Gasteiger partial charge in [-0.1, -0.05) is 60.7 Å². The highest BCUT2D eigenvalue weighted by atomic mass is 16.4. The van der Waals surface area contributed by atoms with Crippen molar-refractivity contribution in [2.24, 2.45) is 0 Å². The molecule has 2 rings (SSSR count). The van der Waals surface area contributed by atoms with Crippen LogP contribution in [0.2, 0.25) is 0 Å². The summed E-state index contributed by atoms with van der Waals surface area (Å²) in [5.41, 5.74) is -2.67. The zero-order valence-electron chi connectivity index (χ0n) is 11.0. The molecule has 2 unspecified atom stereocenters. The maximum atomic E-state index is 12.3. The first kappa shape index (κ1) is 14.9. The molecule has 3 N–H and O–H groups in total. The van der Waals surface area contributed by atoms with E-state index in [4.69, 9.17) is 0 Å². The summed E-state index contributed by atoms with van der Waals surface area (Å²) in [5.74, 6) is -2.93. The number of aliphatic hydroxyl groups excluding tert-OH is 1. The minimum Gasteiger partial charge on any atom is -0.478 e. The van der Waals surface area contributed by atoms with E-state index in [1.807, 2.05) is 0 Å². The van der Waals surface area contributed by atoms with E-state index in [1.165, 1.54) is 36.4 Å². The molecule has 5 nitrogen and oxygen atoms in total. The summed E-state index contributed by atoms with van der Waals surface area (Å²) >= 11 is 0. The van der Waals surface area contributed by atoms with Gasteiger partial charge in [-0.2, -0.15) is 0 Å². The Morgan fingerprint density at radius 2 is 1.38 bits per heavy atom. The molecule has 0 fully saturated rings. The van der Waals surface area contributed by atoms with Crippen molar-refractivity contribution in [3.8, 4) is 0 Å². The third kappa shape index (κ3) is 2.69. The van der Waals surface area contributed by atoms with Crippen LogP contribution in [-0.4, -0.2) is 27.1 Å². The molecule has 0 aromatic heterocycles. The number of carbonyl (C=O) groups excluding carboxylic acids is 1. The van der Waals surface area contributed by atoms with Gasteiger partial charge in [-0.3, -0.25) is 4.79 Å². The van der Waals surface area contributed by atoms with Gasteiger partial charge in [0.15, 0.2) is 0 Å². The van der Waals surface area contributed by atoms with Crippen molar-refractivity contribution in [2.45, 2.75) is 11.7 Å². The Hall–Kier alpha value is -2.50. The molecule has 0 heterocycles. The molecular weight excluding hydrogens is 272 g/mol. The fraction of sp³-hybridized carbons (Fsp3) is 0.125. The van der Waals surface area contributed by atoms with Crippen molar-refractivity contribution in [1.29, 1.82) is 0 Å². The number of rotatable bonds is 5. The van der Waals surface area contributed by atoms with Crippen molar-refractivity contribution in [1.82, 2.24) is 0 Å². The lowest BCUT2D eigenvalue weighted by atomic mass is 9.85. The minimum absolute atomic E-state index is 0.0996. The maximum Gasteiger partial charge on any atom is 0.348 e. The van der Waals surface area contributed by atoms with Crippen molar-refractivity contribution in [3.05, 3.63) is 71.8 Å². The molecule has 0 spiro atoms. The summed E-state index contributed by atoms with van der Waals surface area (Å²) in [7, 11) is 0. The van der Waals surface area contributed by atoms with Gasteiger partial charge in [-0.25, -0.2) is 4.79 Å². The molecule has 5 heteroatoms. The van der Waals surface area contributed by atoms with Gasteiger partial charge in [0.25, 0.3) is 0 Å². The standard InChI is InChI=1S/C16H14O5/c17-13(11-7-3-1-4-8-11)14(18)16(21,15(19)20)12-9-5-2-6-10-12/h1-10,13,17,21H,(H,19,20). The molecule has 0 aliphatic heterocycles. The Morgan fingerprint density at radius 3 is 1.86 bits per heavy atom. The Kier molecular flexibility index (Phi) is 4.16. The van der Waals surface area contributed by atoms with Crippen molar-refractivity contribution < 1.29 is 24.9 Å². The summed E-state index contributed by atoms with van der Waals surface area (Å²) in [6.07, 6.45) is -1.73. The molecule has 21 heavy (non-hydrogen) atoms. The molecule has 2 aromatic carbocycles. The fourth-order valence-electron chi connectivity index (χ4n) is 2.04. The zero-order chi connectivity index (χ0) is 15.5. The summed E-state index contributed by atoms with van der Waals surface area (Å²) in [6.45, 7) is 0. The predicted octanol–water partition coefficient (Wildman–Crippen LogP) is 1.26. The number of ketones is 1. The smallest absolute Gasteiger partial charge is 0.348 e. The topological polar surface area (TPSA) is 94.8 Å². The number of carboxylic acid groups (broad SMARTS) is 1. The Morgan fingerprint density at radius 1 is 0.905 bits per heavy atom. The Labute approximate surface area is 121 Å². The first-order chi connectivity index (χ1) is 9.98. The Bertz CT molecular complexity index is 638. The van der Waals surface area contributed by atoms with Gasteiger partial charge in [0.1, 0.15) is 6.10 Å². The van der Waals surface area contributed by atoms with Crippen LogP contribution in [0.15, 0.2) is 60.7 Å². The average Bonchev–Trinajstić information content (AvgIpc) is 2.54. The van der Waals surface area contributed by atoms with E-state index in [-0.39, 0.29) is 11.1 Å². The molecular formula is C16H14O5. The molecule has 2 atom stereocenters. The van der Waals surface area contributed by atoms with Crippen LogP contribution >= 0.6 is 0 Å². The van der Waals surface area contributed by atoms with Crippen molar-refractivity contribution in [2.75, 3.05) is 0 Å². The largest absolute Gasteiger partial charge is 0.478 e. The van der Waals surface area contributed by atoms with Crippen LogP contribution in [-0.2, 0) is 15.2 Å². The lowest BCUT2D eigenvalue weighted by molar-refractivity contribution is -0.170. The van der Waals surface area contributed by atoms with Gasteiger partial charge in [0.05, 0.1) is 0 Å². The van der Waals surface area contributed by atoms with Crippen LogP contribution in [0.3, 0.4) is 0 Å². The minimum atomic E-state index is -2.80. The normalized spacial score (nSPS) is 15.0. The molecule has 0 aliphatic carbocycles. The van der Waals surface area contributed by atoms with Crippen molar-refractivity contribution >= 4 is 11.8 Å². The van der Waals surface area contributed by atoms with E-state index in [2.05, 4.69) is 0 Å². The van der Waals surface area contributed by atoms with Gasteiger partial charge in [0.2, 0.25) is 11.4 Å². The Balaban J connectivity index is 2.44. The van der Waals surface area contributed by atoms with E-state index in [1.54, 1.807) is 24.3 Å². The van der Waals surface area contributed by atoms with Crippen LogP contribution in [0, 0.1) is 0 Å². The molecule has 0 bridgehead atoms. The first-order valence-electron chi connectivity index (χ1n) is 6.26. The highest BCUT2D eigenvalue weighted by molar-refractivity contribution is 6.09. The molecule has 0 radical (unpaired) electrons. The van der Waals surface area contributed by atoms with E-state index in [0.717, 1.165) is 0 Å². The van der Waals surface area contributed by atoms with Crippen molar-refractivity contribution in [3.63, 3.8) is 0 Å². The lowest BCUT2D eigenvalue weighted by Gasteiger charge is -2.25. The van der Waals surface area contributed by atoms with E-state index >= 15 is 0 Å². The monoisotopic (exact) mass is 286 g/mol. The summed E-state index contributed by atoms with van der Waals surface area (Å²) in [4.78, 5) is 23.7. The van der Waals surface area contributed by atoms with Gasteiger partial charge < -0.3 is 15.3 Å². The van der Waals surface area contributed by atoms with Gasteiger partial charge >= 0.3 is 5.97 Å². The average molecular weight is 286 g/mol. The van der Waals surface area contributed by atoms with Crippen LogP contribution in [0.25, 0.3) is 0 Å². The fourth-order valence-corrected chi connectivity index (χ4v) is 2.04. The summed E-state index contributed by atoms with van der Waals surface area (Å²) in [6, 6.07) is 15.2. The number of aliphatic hydroxyl groups is 2. The number of carbonyl (C=O) groups is 2. The molecule has 108 valence electrons. The quantitative estimate of drug-likeness (QED) is 0.719. The highest BCUT2D eigenvalue weighted by Gasteiger charge is 2.48. The number of Topliss-reactive ketones (excluding diaryl/α,β-unsaturated/α-hetero) is 1. The van der Waals surface area contributed by atoms with E-state index in [9.17, 15) is 24.9 Å². The number of aliphatic carboxylic acids is 1. The van der Waals surface area contributed by atoms with E-state index < -0.39 is 23.5 Å². The van der Waals surface area contributed by atoms with Gasteiger partial charge in [-0.15, -0.1) is 0 Å². The number of hydrogen-bond acceptors (Lipinski definition) is 4. The lowest BCUT2D eigenvalue weighted by Crippen LogP contribution is -2.46. The first-order valence-corrected chi connectivity index (χ1v) is 6.26. The SMILES string of the molecule is O=C(O)C(O)(C(=O)C(O)c1ccccc1)c1ccccc1. The molecule has 2 aromatic rings. The zero-order valence-corrected chi connectivity index (χ0v) is 11.0. The number of carboxylic acids is 1. The summed E-state index contributed by atoms with van der Waals surface area (Å²) in [5, 5.41) is 29.7. The molecule has 0 aliphatic rings. The predicted molar refractivity (Wildman–Crippen MR) is 74.4 cm³/mol. The number of benzene rings is 2. The van der Waals surface area contributed by atoms with Gasteiger partial charge in [-0.05, 0) is 5.56 Å². The highest BCUT2D eigenvalue weighted by Crippen LogP contribution is 2.29.